The first-order valence-electron chi connectivity index (χ1n) is 7.81. The van der Waals surface area contributed by atoms with Gasteiger partial charge in [0.25, 0.3) is 0 Å². The Morgan fingerprint density at radius 2 is 2.00 bits per heavy atom. The first kappa shape index (κ1) is 18.4. The van der Waals surface area contributed by atoms with Crippen LogP contribution in [-0.2, 0) is 12.6 Å². The summed E-state index contributed by atoms with van der Waals surface area (Å²) in [4.78, 5) is 0. The van der Waals surface area contributed by atoms with E-state index >= 15 is 0 Å². The molecule has 132 valence electrons. The van der Waals surface area contributed by atoms with E-state index < -0.39 is 12.2 Å². The lowest BCUT2D eigenvalue weighted by Crippen LogP contribution is -2.37. The van der Waals surface area contributed by atoms with Crippen LogP contribution in [0.15, 0.2) is 36.7 Å². The van der Waals surface area contributed by atoms with E-state index in [4.69, 9.17) is 0 Å². The molecule has 0 aliphatic heterocycles. The number of hydrogen-bond acceptors (Lipinski definition) is 4. The molecule has 0 radical (unpaired) electrons. The van der Waals surface area contributed by atoms with E-state index in [2.05, 4.69) is 15.2 Å². The van der Waals surface area contributed by atoms with Gasteiger partial charge in [0.05, 0.1) is 6.20 Å². The molecule has 0 aliphatic carbocycles. The third-order valence-electron chi connectivity index (χ3n) is 3.94. The van der Waals surface area contributed by atoms with E-state index in [0.29, 0.717) is 6.54 Å². The normalized spacial score (nSPS) is 15.3. The number of nitrogens with one attached hydrogen (secondary N) is 1. The second kappa shape index (κ2) is 7.72. The van der Waals surface area contributed by atoms with Gasteiger partial charge in [-0.25, -0.2) is 0 Å². The zero-order valence-electron chi connectivity index (χ0n) is 14.0. The van der Waals surface area contributed by atoms with Gasteiger partial charge >= 0.3 is 6.61 Å². The van der Waals surface area contributed by atoms with Crippen LogP contribution >= 0.6 is 0 Å². The monoisotopic (exact) mass is 339 g/mol. The predicted molar refractivity (Wildman–Crippen MR) is 86.9 cm³/mol. The van der Waals surface area contributed by atoms with E-state index in [9.17, 15) is 13.9 Å². The van der Waals surface area contributed by atoms with Crippen LogP contribution in [0.1, 0.15) is 37.4 Å². The highest BCUT2D eigenvalue weighted by atomic mass is 19.3. The van der Waals surface area contributed by atoms with Crippen molar-refractivity contribution in [3.8, 4) is 5.75 Å². The molecule has 0 amide bonds. The summed E-state index contributed by atoms with van der Waals surface area (Å²) < 4.78 is 30.4. The number of aromatic nitrogens is 2. The third kappa shape index (κ3) is 4.75. The lowest BCUT2D eigenvalue weighted by Gasteiger charge is -2.26. The summed E-state index contributed by atoms with van der Waals surface area (Å²) in [5, 5.41) is 18.0. The maximum Gasteiger partial charge on any atom is 0.387 e. The number of rotatable bonds is 8. The summed E-state index contributed by atoms with van der Waals surface area (Å²) in [6.07, 6.45) is 4.20. The smallest absolute Gasteiger partial charge is 0.387 e. The fourth-order valence-corrected chi connectivity index (χ4v) is 2.50. The van der Waals surface area contributed by atoms with Gasteiger partial charge in [0.2, 0.25) is 0 Å². The fourth-order valence-electron chi connectivity index (χ4n) is 2.50. The van der Waals surface area contributed by atoms with E-state index in [1.807, 2.05) is 6.92 Å². The second-order valence-corrected chi connectivity index (χ2v) is 5.97. The topological polar surface area (TPSA) is 59.3 Å². The Hall–Kier alpha value is -1.99. The van der Waals surface area contributed by atoms with Gasteiger partial charge in [0, 0.05) is 31.4 Å². The number of ether oxygens (including phenoxy) is 1. The number of hydrogen-bond donors (Lipinski definition) is 2. The van der Waals surface area contributed by atoms with Crippen LogP contribution < -0.4 is 10.1 Å². The predicted octanol–water partition coefficient (Wildman–Crippen LogP) is 2.97. The van der Waals surface area contributed by atoms with Crippen LogP contribution in [0, 0.1) is 0 Å². The van der Waals surface area contributed by atoms with Gasteiger partial charge in [-0.3, -0.25) is 4.68 Å². The van der Waals surface area contributed by atoms with Gasteiger partial charge in [-0.1, -0.05) is 19.1 Å². The minimum Gasteiger partial charge on any atom is -0.435 e. The summed E-state index contributed by atoms with van der Waals surface area (Å²) in [7, 11) is 1.80. The van der Waals surface area contributed by atoms with Crippen molar-refractivity contribution in [1.29, 1.82) is 0 Å². The van der Waals surface area contributed by atoms with Gasteiger partial charge in [0.15, 0.2) is 0 Å². The van der Waals surface area contributed by atoms with Crippen molar-refractivity contribution in [2.24, 2.45) is 7.05 Å². The molecule has 0 saturated heterocycles. The summed E-state index contributed by atoms with van der Waals surface area (Å²) in [5.74, 6) is 0.131. The van der Waals surface area contributed by atoms with Crippen LogP contribution in [-0.4, -0.2) is 28.0 Å². The van der Waals surface area contributed by atoms with Crippen molar-refractivity contribution in [1.82, 2.24) is 15.1 Å². The SMILES string of the molecule is CCC(NCC(C)(O)c1cnn(C)c1)c1ccc(OC(F)F)cc1. The lowest BCUT2D eigenvalue weighted by atomic mass is 9.97. The highest BCUT2D eigenvalue weighted by Crippen LogP contribution is 2.24. The number of aryl methyl sites for hydroxylation is 1. The number of aliphatic hydroxyl groups is 1. The van der Waals surface area contributed by atoms with Crippen LogP contribution in [0.25, 0.3) is 0 Å². The van der Waals surface area contributed by atoms with Gasteiger partial charge in [-0.15, -0.1) is 0 Å². The Kier molecular flexibility index (Phi) is 5.90. The fraction of sp³-hybridized carbons (Fsp3) is 0.471. The molecule has 0 saturated carbocycles. The Morgan fingerprint density at radius 3 is 2.50 bits per heavy atom. The Balaban J connectivity index is 2.01. The van der Waals surface area contributed by atoms with Crippen LogP contribution in [0.3, 0.4) is 0 Å². The molecule has 1 heterocycles. The van der Waals surface area contributed by atoms with Gasteiger partial charge < -0.3 is 15.2 Å². The molecule has 24 heavy (non-hydrogen) atoms. The average Bonchev–Trinajstić information content (AvgIpc) is 2.96. The van der Waals surface area contributed by atoms with Gasteiger partial charge in [-0.2, -0.15) is 13.9 Å². The number of nitrogens with zero attached hydrogens (tertiary/aromatic N) is 2. The Bertz CT molecular complexity index is 642. The van der Waals surface area contributed by atoms with Crippen molar-refractivity contribution in [3.63, 3.8) is 0 Å². The maximum atomic E-state index is 12.2. The van der Waals surface area contributed by atoms with Crippen LogP contribution in [0.5, 0.6) is 5.75 Å². The molecular weight excluding hydrogens is 316 g/mol. The molecule has 0 fully saturated rings. The van der Waals surface area contributed by atoms with Crippen LogP contribution in [0.2, 0.25) is 0 Å². The summed E-state index contributed by atoms with van der Waals surface area (Å²) >= 11 is 0. The number of alkyl halides is 2. The Morgan fingerprint density at radius 1 is 1.33 bits per heavy atom. The standard InChI is InChI=1S/C17H23F2N3O2/c1-4-15(12-5-7-14(8-6-12)24-16(18)19)20-11-17(2,23)13-9-21-22(3)10-13/h5-10,15-16,20,23H,4,11H2,1-3H3. The van der Waals surface area contributed by atoms with Gasteiger partial charge in [-0.05, 0) is 31.0 Å². The minimum atomic E-state index is -2.83. The molecule has 0 spiro atoms. The highest BCUT2D eigenvalue weighted by molar-refractivity contribution is 5.29. The number of benzene rings is 1. The first-order valence-corrected chi connectivity index (χ1v) is 7.81. The van der Waals surface area contributed by atoms with Crippen molar-refractivity contribution in [2.75, 3.05) is 6.54 Å². The zero-order chi connectivity index (χ0) is 17.7. The van der Waals surface area contributed by atoms with E-state index in [0.717, 1.165) is 17.5 Å². The third-order valence-corrected chi connectivity index (χ3v) is 3.94. The van der Waals surface area contributed by atoms with E-state index in [-0.39, 0.29) is 11.8 Å². The summed E-state index contributed by atoms with van der Waals surface area (Å²) in [6.45, 7) is 1.25. The molecule has 2 aromatic rings. The van der Waals surface area contributed by atoms with Crippen molar-refractivity contribution >= 4 is 0 Å². The first-order chi connectivity index (χ1) is 11.3. The van der Waals surface area contributed by atoms with Crippen LogP contribution in [0.4, 0.5) is 8.78 Å². The lowest BCUT2D eigenvalue weighted by molar-refractivity contribution is -0.0498. The summed E-state index contributed by atoms with van der Waals surface area (Å²) in [6, 6.07) is 6.53. The Labute approximate surface area is 140 Å². The molecule has 0 aliphatic rings. The minimum absolute atomic E-state index is 0.00579. The van der Waals surface area contributed by atoms with E-state index in [1.165, 1.54) is 12.1 Å². The van der Waals surface area contributed by atoms with Crippen molar-refractivity contribution in [2.45, 2.75) is 38.5 Å². The largest absolute Gasteiger partial charge is 0.435 e. The van der Waals surface area contributed by atoms with E-state index in [1.54, 1.807) is 43.2 Å². The molecule has 2 rings (SSSR count). The summed E-state index contributed by atoms with van der Waals surface area (Å²) in [5.41, 5.74) is 0.620. The molecular formula is C17H23F2N3O2. The molecule has 0 bridgehead atoms. The van der Waals surface area contributed by atoms with Gasteiger partial charge in [0.1, 0.15) is 11.4 Å². The average molecular weight is 339 g/mol. The maximum absolute atomic E-state index is 12.2. The highest BCUT2D eigenvalue weighted by Gasteiger charge is 2.25. The molecule has 2 atom stereocenters. The quantitative estimate of drug-likeness (QED) is 0.776. The molecule has 1 aromatic carbocycles. The van der Waals surface area contributed by atoms with Crippen molar-refractivity contribution in [3.05, 3.63) is 47.8 Å². The molecule has 7 heteroatoms. The molecule has 5 nitrogen and oxygen atoms in total. The zero-order valence-corrected chi connectivity index (χ0v) is 14.0. The van der Waals surface area contributed by atoms with Crippen molar-refractivity contribution < 1.29 is 18.6 Å². The molecule has 2 unspecified atom stereocenters. The molecule has 2 N–H and O–H groups in total. The number of halogens is 2. The molecule has 1 aromatic heterocycles. The second-order valence-electron chi connectivity index (χ2n) is 5.97.